The molecule has 0 aliphatic heterocycles. The summed E-state index contributed by atoms with van der Waals surface area (Å²) in [6.45, 7) is 6.91. The molecule has 0 aliphatic rings. The summed E-state index contributed by atoms with van der Waals surface area (Å²) in [5.41, 5.74) is 9.03. The zero-order valence-electron chi connectivity index (χ0n) is 9.92. The molecule has 15 heavy (non-hydrogen) atoms. The summed E-state index contributed by atoms with van der Waals surface area (Å²) in [4.78, 5) is 0. The van der Waals surface area contributed by atoms with Crippen LogP contribution in [-0.4, -0.2) is 12.7 Å². The molecule has 0 heterocycles. The van der Waals surface area contributed by atoms with Crippen molar-refractivity contribution in [3.8, 4) is 0 Å². The predicted molar refractivity (Wildman–Crippen MR) is 65.4 cm³/mol. The zero-order valence-corrected chi connectivity index (χ0v) is 9.92. The van der Waals surface area contributed by atoms with Crippen molar-refractivity contribution in [1.82, 2.24) is 6.15 Å². The molecule has 0 atom stereocenters. The van der Waals surface area contributed by atoms with Gasteiger partial charge in [0.15, 0.2) is 0 Å². The number of aryl methyl sites for hydroxylation is 1. The lowest BCUT2D eigenvalue weighted by Crippen LogP contribution is -2.06. The zero-order chi connectivity index (χ0) is 10.6. The molecule has 0 aromatic heterocycles. The summed E-state index contributed by atoms with van der Waals surface area (Å²) in [5.74, 6) is 0. The highest BCUT2D eigenvalue weighted by atomic mass is 16.5. The maximum Gasteiger partial charge on any atom is 0.0519 e. The molecule has 0 unspecified atom stereocenters. The van der Waals surface area contributed by atoms with E-state index in [9.17, 15) is 0 Å². The average molecular weight is 210 g/mol. The molecule has 0 radical (unpaired) electrons. The Kier molecular flexibility index (Phi) is 5.97. The Morgan fingerprint density at radius 1 is 1.33 bits per heavy atom. The lowest BCUT2D eigenvalue weighted by molar-refractivity contribution is 0.0813. The second-order valence-electron chi connectivity index (χ2n) is 3.86. The molecule has 0 fully saturated rings. The van der Waals surface area contributed by atoms with Gasteiger partial charge in [0.05, 0.1) is 12.7 Å². The Morgan fingerprint density at radius 2 is 2.00 bits per heavy atom. The summed E-state index contributed by atoms with van der Waals surface area (Å²) >= 11 is 0. The average Bonchev–Trinajstić information content (AvgIpc) is 2.10. The maximum atomic E-state index is 5.73. The fourth-order valence-electron chi connectivity index (χ4n) is 1.31. The monoisotopic (exact) mass is 210 g/mol. The molecule has 3 heteroatoms. The number of nitrogen functional groups attached to an aromatic ring is 1. The topological polar surface area (TPSA) is 70.2 Å². The second-order valence-corrected chi connectivity index (χ2v) is 3.86. The van der Waals surface area contributed by atoms with E-state index in [2.05, 4.69) is 12.1 Å². The quantitative estimate of drug-likeness (QED) is 0.751. The van der Waals surface area contributed by atoms with Crippen LogP contribution in [0.2, 0.25) is 0 Å². The van der Waals surface area contributed by atoms with Crippen molar-refractivity contribution in [2.24, 2.45) is 0 Å². The fraction of sp³-hybridized carbons (Fsp3) is 0.500. The van der Waals surface area contributed by atoms with Gasteiger partial charge in [-0.05, 0) is 44.4 Å². The normalized spacial score (nSPS) is 10.1. The lowest BCUT2D eigenvalue weighted by atomic mass is 10.1. The third-order valence-electron chi connectivity index (χ3n) is 2.18. The number of hydrogen-bond acceptors (Lipinski definition) is 3. The molecule has 3 nitrogen and oxygen atoms in total. The van der Waals surface area contributed by atoms with Crippen LogP contribution in [0.15, 0.2) is 18.2 Å². The van der Waals surface area contributed by atoms with Gasteiger partial charge < -0.3 is 16.6 Å². The molecule has 0 saturated heterocycles. The van der Waals surface area contributed by atoms with E-state index in [-0.39, 0.29) is 6.15 Å². The Balaban J connectivity index is 0.00000196. The third-order valence-corrected chi connectivity index (χ3v) is 2.18. The van der Waals surface area contributed by atoms with Crippen LogP contribution in [-0.2, 0) is 11.2 Å². The second kappa shape index (κ2) is 6.43. The number of rotatable bonds is 4. The van der Waals surface area contributed by atoms with Gasteiger partial charge in [-0.15, -0.1) is 0 Å². The molecule has 86 valence electrons. The first-order valence-electron chi connectivity index (χ1n) is 5.06. The van der Waals surface area contributed by atoms with Gasteiger partial charge in [-0.3, -0.25) is 0 Å². The summed E-state index contributed by atoms with van der Waals surface area (Å²) < 4.78 is 5.48. The minimum atomic E-state index is 0. The van der Waals surface area contributed by atoms with Gasteiger partial charge in [-0.1, -0.05) is 12.1 Å². The van der Waals surface area contributed by atoms with Crippen LogP contribution in [0.1, 0.15) is 25.0 Å². The van der Waals surface area contributed by atoms with Crippen molar-refractivity contribution < 1.29 is 4.74 Å². The van der Waals surface area contributed by atoms with Gasteiger partial charge in [-0.25, -0.2) is 0 Å². The van der Waals surface area contributed by atoms with Crippen LogP contribution >= 0.6 is 0 Å². The van der Waals surface area contributed by atoms with Gasteiger partial charge in [0, 0.05) is 5.69 Å². The standard InChI is InChI=1S/C12H19NO.H3N/c1-9(2)14-7-6-11-4-5-12(13)10(3)8-11;/h4-5,8-9H,6-7,13H2,1-3H3;1H3. The van der Waals surface area contributed by atoms with E-state index >= 15 is 0 Å². The number of anilines is 1. The molecule has 1 aromatic rings. The summed E-state index contributed by atoms with van der Waals surface area (Å²) in [5, 5.41) is 0. The molecule has 1 aromatic carbocycles. The first-order chi connectivity index (χ1) is 6.59. The van der Waals surface area contributed by atoms with E-state index in [1.54, 1.807) is 0 Å². The first kappa shape index (κ1) is 13.9. The van der Waals surface area contributed by atoms with Crippen LogP contribution in [0.4, 0.5) is 5.69 Å². The third kappa shape index (κ3) is 4.81. The largest absolute Gasteiger partial charge is 0.399 e. The Morgan fingerprint density at radius 3 is 2.53 bits per heavy atom. The van der Waals surface area contributed by atoms with Gasteiger partial charge in [0.2, 0.25) is 0 Å². The van der Waals surface area contributed by atoms with Crippen molar-refractivity contribution in [3.05, 3.63) is 29.3 Å². The Hall–Kier alpha value is -1.06. The molecule has 0 amide bonds. The summed E-state index contributed by atoms with van der Waals surface area (Å²) in [6.07, 6.45) is 1.27. The number of benzene rings is 1. The minimum Gasteiger partial charge on any atom is -0.399 e. The minimum absolute atomic E-state index is 0. The first-order valence-corrected chi connectivity index (χ1v) is 5.06. The molecule has 0 spiro atoms. The van der Waals surface area contributed by atoms with Gasteiger partial charge >= 0.3 is 0 Å². The van der Waals surface area contributed by atoms with Crippen LogP contribution in [0, 0.1) is 6.92 Å². The molecule has 1 rings (SSSR count). The highest BCUT2D eigenvalue weighted by molar-refractivity contribution is 5.47. The summed E-state index contributed by atoms with van der Waals surface area (Å²) in [6, 6.07) is 6.14. The van der Waals surface area contributed by atoms with E-state index in [0.29, 0.717) is 6.10 Å². The van der Waals surface area contributed by atoms with E-state index in [1.807, 2.05) is 26.8 Å². The molecule has 5 N–H and O–H groups in total. The number of nitrogens with two attached hydrogens (primary N) is 1. The van der Waals surface area contributed by atoms with Crippen LogP contribution in [0.25, 0.3) is 0 Å². The van der Waals surface area contributed by atoms with Crippen molar-refractivity contribution in [1.29, 1.82) is 0 Å². The maximum absolute atomic E-state index is 5.73. The molecule has 0 saturated carbocycles. The number of hydrogen-bond donors (Lipinski definition) is 2. The SMILES string of the molecule is Cc1cc(CCOC(C)C)ccc1N.N. The molecular weight excluding hydrogens is 188 g/mol. The van der Waals surface area contributed by atoms with Crippen LogP contribution in [0.5, 0.6) is 0 Å². The molecule has 0 aliphatic carbocycles. The van der Waals surface area contributed by atoms with Gasteiger partial charge in [0.1, 0.15) is 0 Å². The van der Waals surface area contributed by atoms with Crippen molar-refractivity contribution in [2.75, 3.05) is 12.3 Å². The van der Waals surface area contributed by atoms with Gasteiger partial charge in [0.25, 0.3) is 0 Å². The van der Waals surface area contributed by atoms with E-state index in [0.717, 1.165) is 24.3 Å². The van der Waals surface area contributed by atoms with Crippen molar-refractivity contribution >= 4 is 5.69 Å². The van der Waals surface area contributed by atoms with Crippen molar-refractivity contribution in [2.45, 2.75) is 33.3 Å². The highest BCUT2D eigenvalue weighted by Crippen LogP contribution is 2.13. The summed E-state index contributed by atoms with van der Waals surface area (Å²) in [7, 11) is 0. The molecule has 0 bridgehead atoms. The van der Waals surface area contributed by atoms with E-state index < -0.39 is 0 Å². The number of ether oxygens (including phenoxy) is 1. The Bertz CT molecular complexity index is 298. The fourth-order valence-corrected chi connectivity index (χ4v) is 1.31. The lowest BCUT2D eigenvalue weighted by Gasteiger charge is -2.08. The van der Waals surface area contributed by atoms with Crippen LogP contribution < -0.4 is 11.9 Å². The smallest absolute Gasteiger partial charge is 0.0519 e. The molecular formula is C12H22N2O. The predicted octanol–water partition coefficient (Wildman–Crippen LogP) is 2.71. The van der Waals surface area contributed by atoms with E-state index in [1.165, 1.54) is 5.56 Å². The van der Waals surface area contributed by atoms with Gasteiger partial charge in [-0.2, -0.15) is 0 Å². The van der Waals surface area contributed by atoms with Crippen molar-refractivity contribution in [3.63, 3.8) is 0 Å². The van der Waals surface area contributed by atoms with E-state index in [4.69, 9.17) is 10.5 Å². The Labute approximate surface area is 92.2 Å². The van der Waals surface area contributed by atoms with Crippen LogP contribution in [0.3, 0.4) is 0 Å². The highest BCUT2D eigenvalue weighted by Gasteiger charge is 1.98.